The topological polar surface area (TPSA) is 78.9 Å². The number of allylic oxidation sites excluding steroid dienone is 10. The number of rotatable bonds is 58. The van der Waals surface area contributed by atoms with E-state index in [1.807, 2.05) is 0 Å². The van der Waals surface area contributed by atoms with E-state index in [0.29, 0.717) is 19.3 Å². The number of hydrogen-bond donors (Lipinski definition) is 0. The maximum atomic E-state index is 12.9. The van der Waals surface area contributed by atoms with Gasteiger partial charge in [-0.3, -0.25) is 14.4 Å². The molecule has 424 valence electrons. The highest BCUT2D eigenvalue weighted by Gasteiger charge is 2.19. The van der Waals surface area contributed by atoms with Gasteiger partial charge in [-0.05, 0) is 89.9 Å². The SMILES string of the molecule is CCCCCC/C=C\C/C=C\CCCCCCCCCC(=O)OC(COC(=O)CCCCCCCCCCCC)COC(=O)CCCCCCCCCCCCCC/C=C\C/C=C\C/C=C\CCCCCCC. The molecule has 1 unspecified atom stereocenters. The summed E-state index contributed by atoms with van der Waals surface area (Å²) in [5.74, 6) is -0.871. The van der Waals surface area contributed by atoms with E-state index < -0.39 is 6.10 Å². The summed E-state index contributed by atoms with van der Waals surface area (Å²) in [7, 11) is 0. The van der Waals surface area contributed by atoms with Crippen molar-refractivity contribution in [1.82, 2.24) is 0 Å². The molecule has 1 atom stereocenters. The summed E-state index contributed by atoms with van der Waals surface area (Å²) < 4.78 is 16.9. The molecule has 0 saturated heterocycles. The second kappa shape index (κ2) is 61.7. The highest BCUT2D eigenvalue weighted by molar-refractivity contribution is 5.71. The number of carbonyl (C=O) groups is 3. The fraction of sp³-hybridized carbons (Fsp3) is 0.806. The normalized spacial score (nSPS) is 12.4. The molecule has 0 aliphatic heterocycles. The standard InChI is InChI=1S/C67H120O6/c1-4-7-10-13-16-19-22-24-26-28-30-31-32-33-34-35-36-37-38-40-41-43-45-48-51-54-57-60-66(69)72-63-64(62-71-65(68)59-56-53-50-47-21-18-15-12-9-6-3)73-67(70)61-58-55-52-49-46-44-42-39-29-27-25-23-20-17-14-11-8-5-2/h20,22-24,27-30,32-33,64H,4-19,21,25-26,31,34-63H2,1-3H3/b23-20-,24-22-,29-27-,30-28-,33-32-. The smallest absolute Gasteiger partial charge is 0.306 e. The van der Waals surface area contributed by atoms with Crippen LogP contribution in [0.1, 0.15) is 329 Å². The van der Waals surface area contributed by atoms with Gasteiger partial charge >= 0.3 is 17.9 Å². The lowest BCUT2D eigenvalue weighted by Crippen LogP contribution is -2.30. The summed E-state index contributed by atoms with van der Waals surface area (Å²) in [5, 5.41) is 0. The number of esters is 3. The zero-order chi connectivity index (χ0) is 52.9. The van der Waals surface area contributed by atoms with Crippen LogP contribution in [-0.2, 0) is 28.6 Å². The average Bonchev–Trinajstić information content (AvgIpc) is 3.39. The molecule has 0 rings (SSSR count). The molecule has 0 fully saturated rings. The largest absolute Gasteiger partial charge is 0.462 e. The summed E-state index contributed by atoms with van der Waals surface area (Å²) >= 11 is 0. The van der Waals surface area contributed by atoms with Gasteiger partial charge in [-0.25, -0.2) is 0 Å². The summed E-state index contributed by atoms with van der Waals surface area (Å²) in [6, 6.07) is 0. The number of carbonyl (C=O) groups excluding carboxylic acids is 3. The average molecular weight is 1020 g/mol. The van der Waals surface area contributed by atoms with Crippen LogP contribution in [0.15, 0.2) is 60.8 Å². The van der Waals surface area contributed by atoms with Gasteiger partial charge in [-0.15, -0.1) is 0 Å². The molecule has 0 aliphatic rings. The summed E-state index contributed by atoms with van der Waals surface area (Å²) in [4.78, 5) is 38.2. The molecule has 6 nitrogen and oxygen atoms in total. The van der Waals surface area contributed by atoms with Gasteiger partial charge in [-0.1, -0.05) is 281 Å². The first kappa shape index (κ1) is 70.1. The maximum Gasteiger partial charge on any atom is 0.306 e. The first-order valence-corrected chi connectivity index (χ1v) is 31.8. The molecule has 0 heterocycles. The van der Waals surface area contributed by atoms with Crippen LogP contribution in [0.25, 0.3) is 0 Å². The Morgan fingerprint density at radius 2 is 0.493 bits per heavy atom. The fourth-order valence-corrected chi connectivity index (χ4v) is 9.19. The molecule has 0 amide bonds. The highest BCUT2D eigenvalue weighted by Crippen LogP contribution is 2.16. The Bertz CT molecular complexity index is 1310. The van der Waals surface area contributed by atoms with Crippen molar-refractivity contribution in [2.75, 3.05) is 13.2 Å². The molecule has 0 aromatic rings. The van der Waals surface area contributed by atoms with E-state index in [0.717, 1.165) is 83.5 Å². The third kappa shape index (κ3) is 59.9. The Hall–Kier alpha value is -2.89. The van der Waals surface area contributed by atoms with Crippen LogP contribution in [0.5, 0.6) is 0 Å². The van der Waals surface area contributed by atoms with E-state index in [1.54, 1.807) is 0 Å². The molecule has 0 saturated carbocycles. The number of unbranched alkanes of at least 4 members (excludes halogenated alkanes) is 37. The van der Waals surface area contributed by atoms with Crippen molar-refractivity contribution in [2.45, 2.75) is 335 Å². The molecule has 0 N–H and O–H groups in total. The van der Waals surface area contributed by atoms with E-state index in [4.69, 9.17) is 14.2 Å². The molecule has 0 aliphatic carbocycles. The van der Waals surface area contributed by atoms with Gasteiger partial charge in [0.2, 0.25) is 0 Å². The predicted octanol–water partition coefficient (Wildman–Crippen LogP) is 21.6. The minimum atomic E-state index is -0.777. The van der Waals surface area contributed by atoms with Crippen molar-refractivity contribution in [3.8, 4) is 0 Å². The third-order valence-electron chi connectivity index (χ3n) is 14.0. The van der Waals surface area contributed by atoms with Gasteiger partial charge in [0.25, 0.3) is 0 Å². The lowest BCUT2D eigenvalue weighted by atomic mass is 10.0. The van der Waals surface area contributed by atoms with Crippen molar-refractivity contribution in [3.63, 3.8) is 0 Å². The zero-order valence-electron chi connectivity index (χ0n) is 48.7. The minimum Gasteiger partial charge on any atom is -0.462 e. The summed E-state index contributed by atoms with van der Waals surface area (Å²) in [5.41, 5.74) is 0. The summed E-state index contributed by atoms with van der Waals surface area (Å²) in [6.07, 6.45) is 78.0. The Kier molecular flexibility index (Phi) is 59.2. The van der Waals surface area contributed by atoms with Crippen LogP contribution in [0.4, 0.5) is 0 Å². The molecule has 6 heteroatoms. The van der Waals surface area contributed by atoms with Crippen molar-refractivity contribution in [3.05, 3.63) is 60.8 Å². The van der Waals surface area contributed by atoms with Crippen LogP contribution in [-0.4, -0.2) is 37.2 Å². The van der Waals surface area contributed by atoms with Crippen LogP contribution >= 0.6 is 0 Å². The lowest BCUT2D eigenvalue weighted by molar-refractivity contribution is -0.167. The molecule has 0 spiro atoms. The molecule has 0 radical (unpaired) electrons. The van der Waals surface area contributed by atoms with Gasteiger partial charge in [0.05, 0.1) is 0 Å². The monoisotopic (exact) mass is 1020 g/mol. The molecule has 0 aromatic heterocycles. The van der Waals surface area contributed by atoms with E-state index in [-0.39, 0.29) is 31.1 Å². The molecule has 73 heavy (non-hydrogen) atoms. The molecular weight excluding hydrogens is 901 g/mol. The van der Waals surface area contributed by atoms with Gasteiger partial charge < -0.3 is 14.2 Å². The maximum absolute atomic E-state index is 12.9. The second-order valence-corrected chi connectivity index (χ2v) is 21.3. The van der Waals surface area contributed by atoms with Crippen LogP contribution in [0, 0.1) is 0 Å². The van der Waals surface area contributed by atoms with Crippen molar-refractivity contribution in [1.29, 1.82) is 0 Å². The first-order chi connectivity index (χ1) is 36.0. The predicted molar refractivity (Wildman–Crippen MR) is 316 cm³/mol. The zero-order valence-corrected chi connectivity index (χ0v) is 48.7. The van der Waals surface area contributed by atoms with Gasteiger partial charge in [0.15, 0.2) is 6.10 Å². The van der Waals surface area contributed by atoms with E-state index in [2.05, 4.69) is 81.5 Å². The Morgan fingerprint density at radius 3 is 0.781 bits per heavy atom. The van der Waals surface area contributed by atoms with Crippen molar-refractivity contribution < 1.29 is 28.6 Å². The third-order valence-corrected chi connectivity index (χ3v) is 14.0. The number of hydrogen-bond acceptors (Lipinski definition) is 6. The van der Waals surface area contributed by atoms with Crippen LogP contribution < -0.4 is 0 Å². The first-order valence-electron chi connectivity index (χ1n) is 31.8. The van der Waals surface area contributed by atoms with Crippen molar-refractivity contribution in [2.24, 2.45) is 0 Å². The molecular formula is C67H120O6. The van der Waals surface area contributed by atoms with E-state index >= 15 is 0 Å². The highest BCUT2D eigenvalue weighted by atomic mass is 16.6. The Balaban J connectivity index is 4.21. The molecule has 0 bridgehead atoms. The van der Waals surface area contributed by atoms with E-state index in [1.165, 1.54) is 205 Å². The minimum absolute atomic E-state index is 0.0749. The Labute approximate surface area is 453 Å². The van der Waals surface area contributed by atoms with Crippen molar-refractivity contribution >= 4 is 17.9 Å². The molecule has 0 aromatic carbocycles. The quantitative estimate of drug-likeness (QED) is 0.0261. The number of ether oxygens (including phenoxy) is 3. The van der Waals surface area contributed by atoms with Crippen LogP contribution in [0.3, 0.4) is 0 Å². The van der Waals surface area contributed by atoms with Gasteiger partial charge in [-0.2, -0.15) is 0 Å². The van der Waals surface area contributed by atoms with Crippen LogP contribution in [0.2, 0.25) is 0 Å². The fourth-order valence-electron chi connectivity index (χ4n) is 9.19. The van der Waals surface area contributed by atoms with Gasteiger partial charge in [0.1, 0.15) is 13.2 Å². The van der Waals surface area contributed by atoms with E-state index in [9.17, 15) is 14.4 Å². The lowest BCUT2D eigenvalue weighted by Gasteiger charge is -2.18. The summed E-state index contributed by atoms with van der Waals surface area (Å²) in [6.45, 7) is 6.63. The Morgan fingerprint density at radius 1 is 0.274 bits per heavy atom. The second-order valence-electron chi connectivity index (χ2n) is 21.3. The van der Waals surface area contributed by atoms with Gasteiger partial charge in [0, 0.05) is 19.3 Å².